The van der Waals surface area contributed by atoms with Gasteiger partial charge in [-0.1, -0.05) is 42.7 Å². The standard InChI is InChI=1S/C19H21N3OS/c1-12-8-9-15(10-13(12)2)17-16(11-23)22-19(20-17)24-18(21-22)14-6-4-3-5-7-14/h8-11,14H,3-7H2,1-2H3. The van der Waals surface area contributed by atoms with Crippen LogP contribution in [-0.2, 0) is 0 Å². The maximum atomic E-state index is 11.7. The molecule has 0 bridgehead atoms. The zero-order valence-electron chi connectivity index (χ0n) is 14.1. The molecule has 0 atom stereocenters. The molecule has 3 aromatic rings. The van der Waals surface area contributed by atoms with Gasteiger partial charge in [0.25, 0.3) is 0 Å². The van der Waals surface area contributed by atoms with E-state index in [9.17, 15) is 4.79 Å². The largest absolute Gasteiger partial charge is 0.296 e. The van der Waals surface area contributed by atoms with Gasteiger partial charge in [-0.2, -0.15) is 9.61 Å². The Kier molecular flexibility index (Phi) is 3.96. The third-order valence-corrected chi connectivity index (χ3v) is 6.17. The minimum atomic E-state index is 0.537. The van der Waals surface area contributed by atoms with Crippen LogP contribution in [0.3, 0.4) is 0 Å². The molecule has 4 rings (SSSR count). The van der Waals surface area contributed by atoms with E-state index < -0.39 is 0 Å². The molecule has 0 spiro atoms. The summed E-state index contributed by atoms with van der Waals surface area (Å²) in [5.74, 6) is 0.537. The number of imidazole rings is 1. The summed E-state index contributed by atoms with van der Waals surface area (Å²) in [5, 5.41) is 5.87. The molecule has 124 valence electrons. The van der Waals surface area contributed by atoms with Crippen LogP contribution >= 0.6 is 11.3 Å². The van der Waals surface area contributed by atoms with E-state index >= 15 is 0 Å². The first-order valence-corrected chi connectivity index (χ1v) is 9.41. The zero-order valence-corrected chi connectivity index (χ0v) is 14.9. The number of benzene rings is 1. The Morgan fingerprint density at radius 1 is 1.17 bits per heavy atom. The van der Waals surface area contributed by atoms with Gasteiger partial charge in [-0.3, -0.25) is 4.79 Å². The second-order valence-electron chi connectivity index (χ2n) is 6.73. The lowest BCUT2D eigenvalue weighted by Crippen LogP contribution is -2.05. The molecule has 4 nitrogen and oxygen atoms in total. The van der Waals surface area contributed by atoms with E-state index in [0.29, 0.717) is 11.6 Å². The number of nitrogens with zero attached hydrogens (tertiary/aromatic N) is 3. The SMILES string of the molecule is Cc1ccc(-c2nc3sc(C4CCCCC4)nn3c2C=O)cc1C. The van der Waals surface area contributed by atoms with E-state index in [4.69, 9.17) is 10.1 Å². The quantitative estimate of drug-likeness (QED) is 0.635. The van der Waals surface area contributed by atoms with E-state index in [1.165, 1.54) is 43.2 Å². The van der Waals surface area contributed by atoms with Crippen molar-refractivity contribution in [3.63, 3.8) is 0 Å². The molecule has 0 unspecified atom stereocenters. The van der Waals surface area contributed by atoms with Crippen molar-refractivity contribution in [3.05, 3.63) is 40.0 Å². The van der Waals surface area contributed by atoms with Gasteiger partial charge in [0, 0.05) is 11.5 Å². The van der Waals surface area contributed by atoms with Crippen molar-refractivity contribution >= 4 is 22.6 Å². The average Bonchev–Trinajstić information content (AvgIpc) is 3.15. The fourth-order valence-electron chi connectivity index (χ4n) is 3.50. The number of aryl methyl sites for hydroxylation is 2. The molecule has 1 fully saturated rings. The van der Waals surface area contributed by atoms with Gasteiger partial charge >= 0.3 is 0 Å². The van der Waals surface area contributed by atoms with Crippen LogP contribution < -0.4 is 0 Å². The van der Waals surface area contributed by atoms with Gasteiger partial charge in [0.2, 0.25) is 4.96 Å². The first-order valence-electron chi connectivity index (χ1n) is 8.59. The third kappa shape index (κ3) is 2.57. The Balaban J connectivity index is 1.78. The lowest BCUT2D eigenvalue weighted by Gasteiger charge is -2.18. The molecule has 2 heterocycles. The Morgan fingerprint density at radius 2 is 1.96 bits per heavy atom. The molecule has 24 heavy (non-hydrogen) atoms. The van der Waals surface area contributed by atoms with Crippen molar-refractivity contribution in [2.45, 2.75) is 51.9 Å². The van der Waals surface area contributed by atoms with Crippen molar-refractivity contribution in [2.24, 2.45) is 0 Å². The number of hydrogen-bond donors (Lipinski definition) is 0. The number of aromatic nitrogens is 3. The van der Waals surface area contributed by atoms with E-state index in [0.717, 1.165) is 27.5 Å². The summed E-state index contributed by atoms with van der Waals surface area (Å²) in [7, 11) is 0. The van der Waals surface area contributed by atoms with Crippen molar-refractivity contribution in [1.29, 1.82) is 0 Å². The fourth-order valence-corrected chi connectivity index (χ4v) is 4.57. The summed E-state index contributed by atoms with van der Waals surface area (Å²) >= 11 is 1.64. The Labute approximate surface area is 145 Å². The monoisotopic (exact) mass is 339 g/mol. The smallest absolute Gasteiger partial charge is 0.213 e. The molecule has 1 saturated carbocycles. The van der Waals surface area contributed by atoms with Crippen molar-refractivity contribution in [3.8, 4) is 11.3 Å². The zero-order chi connectivity index (χ0) is 16.7. The Hall–Kier alpha value is -2.01. The summed E-state index contributed by atoms with van der Waals surface area (Å²) in [6.07, 6.45) is 7.18. The predicted molar refractivity (Wildman–Crippen MR) is 97.0 cm³/mol. The van der Waals surface area contributed by atoms with Crippen molar-refractivity contribution in [2.75, 3.05) is 0 Å². The summed E-state index contributed by atoms with van der Waals surface area (Å²) in [4.78, 5) is 17.3. The van der Waals surface area contributed by atoms with Crippen molar-refractivity contribution < 1.29 is 4.79 Å². The van der Waals surface area contributed by atoms with E-state index in [1.54, 1.807) is 15.9 Å². The van der Waals surface area contributed by atoms with Crippen LogP contribution in [0.2, 0.25) is 0 Å². The molecule has 0 saturated heterocycles. The summed E-state index contributed by atoms with van der Waals surface area (Å²) < 4.78 is 1.74. The maximum Gasteiger partial charge on any atom is 0.213 e. The second kappa shape index (κ2) is 6.13. The molecule has 0 amide bonds. The van der Waals surface area contributed by atoms with E-state index in [2.05, 4.69) is 26.0 Å². The van der Waals surface area contributed by atoms with Gasteiger partial charge < -0.3 is 0 Å². The first kappa shape index (κ1) is 15.5. The lowest BCUT2D eigenvalue weighted by atomic mass is 9.90. The molecule has 1 aliphatic carbocycles. The maximum absolute atomic E-state index is 11.7. The Bertz CT molecular complexity index is 903. The summed E-state index contributed by atoms with van der Waals surface area (Å²) in [5.41, 5.74) is 4.73. The van der Waals surface area contributed by atoms with Gasteiger partial charge in [0.1, 0.15) is 16.4 Å². The van der Waals surface area contributed by atoms with Crippen LogP contribution in [0.4, 0.5) is 0 Å². The van der Waals surface area contributed by atoms with E-state index in [-0.39, 0.29) is 0 Å². The molecule has 0 aliphatic heterocycles. The van der Waals surface area contributed by atoms with Gasteiger partial charge in [-0.25, -0.2) is 4.98 Å². The highest BCUT2D eigenvalue weighted by atomic mass is 32.1. The predicted octanol–water partition coefficient (Wildman–Crippen LogP) is 4.93. The van der Waals surface area contributed by atoms with Crippen LogP contribution in [0.1, 0.15) is 64.6 Å². The highest BCUT2D eigenvalue weighted by Crippen LogP contribution is 2.36. The highest BCUT2D eigenvalue weighted by molar-refractivity contribution is 7.16. The average molecular weight is 339 g/mol. The highest BCUT2D eigenvalue weighted by Gasteiger charge is 2.23. The normalized spacial score (nSPS) is 15.9. The second-order valence-corrected chi connectivity index (χ2v) is 7.72. The number of aldehydes is 1. The topological polar surface area (TPSA) is 47.3 Å². The lowest BCUT2D eigenvalue weighted by molar-refractivity contribution is 0.111. The molecule has 2 aromatic heterocycles. The van der Waals surface area contributed by atoms with Gasteiger partial charge in [0.15, 0.2) is 6.29 Å². The molecule has 5 heteroatoms. The number of carbonyl (C=O) groups excluding carboxylic acids is 1. The van der Waals surface area contributed by atoms with Gasteiger partial charge in [-0.15, -0.1) is 0 Å². The number of rotatable bonds is 3. The van der Waals surface area contributed by atoms with Crippen LogP contribution in [0.5, 0.6) is 0 Å². The first-order chi connectivity index (χ1) is 11.7. The third-order valence-electron chi connectivity index (χ3n) is 5.10. The van der Waals surface area contributed by atoms with Crippen molar-refractivity contribution in [1.82, 2.24) is 14.6 Å². The molecular weight excluding hydrogens is 318 g/mol. The Morgan fingerprint density at radius 3 is 2.67 bits per heavy atom. The van der Waals surface area contributed by atoms with Gasteiger partial charge in [-0.05, 0) is 43.9 Å². The summed E-state index contributed by atoms with van der Waals surface area (Å²) in [6.45, 7) is 4.17. The minimum Gasteiger partial charge on any atom is -0.296 e. The number of carbonyl (C=O) groups is 1. The molecule has 1 aliphatic rings. The minimum absolute atomic E-state index is 0.537. The molecule has 0 radical (unpaired) electrons. The van der Waals surface area contributed by atoms with Crippen LogP contribution in [0, 0.1) is 13.8 Å². The fraction of sp³-hybridized carbons (Fsp3) is 0.421. The molecule has 0 N–H and O–H groups in total. The molecule has 1 aromatic carbocycles. The van der Waals surface area contributed by atoms with Crippen LogP contribution in [0.15, 0.2) is 18.2 Å². The number of fused-ring (bicyclic) bond motifs is 1. The van der Waals surface area contributed by atoms with E-state index in [1.807, 2.05) is 6.07 Å². The van der Waals surface area contributed by atoms with Crippen LogP contribution in [-0.4, -0.2) is 20.9 Å². The summed E-state index contributed by atoms with van der Waals surface area (Å²) in [6, 6.07) is 6.20. The van der Waals surface area contributed by atoms with Crippen LogP contribution in [0.25, 0.3) is 16.2 Å². The molecular formula is C19H21N3OS. The van der Waals surface area contributed by atoms with Gasteiger partial charge in [0.05, 0.1) is 0 Å². The number of hydrogen-bond acceptors (Lipinski definition) is 4.